The van der Waals surface area contributed by atoms with Gasteiger partial charge in [0, 0.05) is 0 Å². The van der Waals surface area contributed by atoms with E-state index in [4.69, 9.17) is 4.74 Å². The molecule has 4 heteroatoms. The molecule has 0 spiro atoms. The molecule has 2 rings (SSSR count). The number of carbonyl (C=O) groups excluding carboxylic acids is 1. The molecule has 0 fully saturated rings. The van der Waals surface area contributed by atoms with Gasteiger partial charge in [-0.3, -0.25) is 0 Å². The summed E-state index contributed by atoms with van der Waals surface area (Å²) in [6, 6.07) is 21.9. The van der Waals surface area contributed by atoms with Gasteiger partial charge in [0.05, 0.1) is 12.7 Å². The number of ether oxygens (including phenoxy) is 1. The van der Waals surface area contributed by atoms with Gasteiger partial charge in [0.2, 0.25) is 5.29 Å². The quantitative estimate of drug-likeness (QED) is 0.441. The Morgan fingerprint density at radius 1 is 1.04 bits per heavy atom. The largest absolute Gasteiger partial charge is 0.460 e. The molecule has 2 aromatic carbocycles. The SMILES string of the molecule is CCCCOC(=O)C(CC#N)=[P+](c1ccccc1)c1ccccc1. The molecule has 0 heterocycles. The van der Waals surface area contributed by atoms with Crippen LogP contribution in [0.15, 0.2) is 60.7 Å². The Hall–Kier alpha value is -2.43. The van der Waals surface area contributed by atoms with E-state index in [9.17, 15) is 10.1 Å². The Balaban J connectivity index is 2.53. The first kappa shape index (κ1) is 17.9. The van der Waals surface area contributed by atoms with Crippen molar-refractivity contribution < 1.29 is 9.53 Å². The van der Waals surface area contributed by atoms with Crippen molar-refractivity contribution >= 4 is 29.4 Å². The number of hydrogen-bond donors (Lipinski definition) is 0. The first-order valence-electron chi connectivity index (χ1n) is 8.08. The van der Waals surface area contributed by atoms with Crippen LogP contribution in [0.25, 0.3) is 0 Å². The highest BCUT2D eigenvalue weighted by molar-refractivity contribution is 7.75. The first-order valence-corrected chi connectivity index (χ1v) is 9.42. The first-order chi connectivity index (χ1) is 11.8. The zero-order valence-corrected chi connectivity index (χ0v) is 14.7. The van der Waals surface area contributed by atoms with Crippen molar-refractivity contribution in [2.24, 2.45) is 0 Å². The third-order valence-electron chi connectivity index (χ3n) is 3.51. The molecule has 0 unspecified atom stereocenters. The van der Waals surface area contributed by atoms with E-state index >= 15 is 0 Å². The van der Waals surface area contributed by atoms with Crippen LogP contribution in [0.4, 0.5) is 0 Å². The van der Waals surface area contributed by atoms with Gasteiger partial charge in [0.15, 0.2) is 18.2 Å². The molecule has 0 bridgehead atoms. The Morgan fingerprint density at radius 3 is 2.04 bits per heavy atom. The summed E-state index contributed by atoms with van der Waals surface area (Å²) < 4.78 is 5.41. The second-order valence-electron chi connectivity index (χ2n) is 5.28. The summed E-state index contributed by atoms with van der Waals surface area (Å²) in [7, 11) is -1.06. The number of esters is 1. The molecule has 24 heavy (non-hydrogen) atoms. The van der Waals surface area contributed by atoms with Gasteiger partial charge in [0.1, 0.15) is 6.42 Å². The topological polar surface area (TPSA) is 50.1 Å². The highest BCUT2D eigenvalue weighted by Gasteiger charge is 2.30. The van der Waals surface area contributed by atoms with Crippen molar-refractivity contribution in [3.63, 3.8) is 0 Å². The number of benzene rings is 2. The van der Waals surface area contributed by atoms with E-state index in [0.717, 1.165) is 23.5 Å². The Morgan fingerprint density at radius 2 is 1.58 bits per heavy atom. The van der Waals surface area contributed by atoms with E-state index in [1.165, 1.54) is 0 Å². The molecule has 0 amide bonds. The minimum Gasteiger partial charge on any atom is -0.460 e. The number of unbranched alkanes of at least 4 members (excludes halogenated alkanes) is 1. The number of nitrogens with zero attached hydrogens (tertiary/aromatic N) is 1. The molecule has 0 aromatic heterocycles. The van der Waals surface area contributed by atoms with Crippen LogP contribution >= 0.6 is 7.55 Å². The van der Waals surface area contributed by atoms with Crippen LogP contribution in [0.3, 0.4) is 0 Å². The Bertz CT molecular complexity index is 692. The maximum Gasteiger partial charge on any atom is 0.378 e. The van der Waals surface area contributed by atoms with Gasteiger partial charge in [-0.05, 0) is 30.7 Å². The monoisotopic (exact) mass is 338 g/mol. The molecule has 0 N–H and O–H groups in total. The van der Waals surface area contributed by atoms with E-state index < -0.39 is 7.55 Å². The van der Waals surface area contributed by atoms with Crippen LogP contribution < -0.4 is 10.6 Å². The lowest BCUT2D eigenvalue weighted by Gasteiger charge is -2.05. The third kappa shape index (κ3) is 4.78. The zero-order valence-electron chi connectivity index (χ0n) is 13.8. The second kappa shape index (κ2) is 9.65. The molecule has 0 saturated heterocycles. The summed E-state index contributed by atoms with van der Waals surface area (Å²) in [4.78, 5) is 12.6. The van der Waals surface area contributed by atoms with Crippen LogP contribution in [0.1, 0.15) is 26.2 Å². The maximum atomic E-state index is 12.6. The van der Waals surface area contributed by atoms with Gasteiger partial charge in [-0.1, -0.05) is 49.7 Å². The summed E-state index contributed by atoms with van der Waals surface area (Å²) in [6.07, 6.45) is 1.88. The predicted molar refractivity (Wildman–Crippen MR) is 100 cm³/mol. The van der Waals surface area contributed by atoms with Crippen molar-refractivity contribution in [1.82, 2.24) is 0 Å². The van der Waals surface area contributed by atoms with E-state index in [2.05, 4.69) is 13.0 Å². The van der Waals surface area contributed by atoms with E-state index in [0.29, 0.717) is 11.9 Å². The molecule has 0 aliphatic carbocycles. The summed E-state index contributed by atoms with van der Waals surface area (Å²) in [6.45, 7) is 2.45. The Kier molecular flexibility index (Phi) is 7.21. The summed E-state index contributed by atoms with van der Waals surface area (Å²) in [5, 5.41) is 11.9. The van der Waals surface area contributed by atoms with Crippen LogP contribution in [-0.2, 0) is 9.53 Å². The van der Waals surface area contributed by atoms with Crippen molar-refractivity contribution in [3.05, 3.63) is 60.7 Å². The molecule has 122 valence electrons. The lowest BCUT2D eigenvalue weighted by Crippen LogP contribution is -2.22. The van der Waals surface area contributed by atoms with Crippen LogP contribution in [-0.4, -0.2) is 17.9 Å². The van der Waals surface area contributed by atoms with Gasteiger partial charge in [-0.2, -0.15) is 5.26 Å². The Labute approximate surface area is 144 Å². The standard InChI is InChI=1S/C20H21NO2P/c1-2-3-16-23-20(22)19(14-15-21)24(17-10-6-4-7-11-17)18-12-8-5-9-13-18/h4-13H,2-3,14,16H2,1H3/q+1. The van der Waals surface area contributed by atoms with Crippen molar-refractivity contribution in [3.8, 4) is 6.07 Å². The van der Waals surface area contributed by atoms with Gasteiger partial charge in [-0.15, -0.1) is 0 Å². The molecule has 2 aromatic rings. The molecule has 0 aliphatic rings. The molecule has 0 radical (unpaired) electrons. The average Bonchev–Trinajstić information content (AvgIpc) is 2.63. The fourth-order valence-electron chi connectivity index (χ4n) is 2.32. The fraction of sp³-hybridized carbons (Fsp3) is 0.250. The normalized spacial score (nSPS) is 9.83. The highest BCUT2D eigenvalue weighted by atomic mass is 31.1. The van der Waals surface area contributed by atoms with E-state index in [1.54, 1.807) is 0 Å². The second-order valence-corrected chi connectivity index (χ2v) is 7.52. The van der Waals surface area contributed by atoms with Crippen molar-refractivity contribution in [1.29, 1.82) is 5.26 Å². The number of nitriles is 1. The molecule has 0 aliphatic heterocycles. The third-order valence-corrected chi connectivity index (χ3v) is 6.02. The van der Waals surface area contributed by atoms with Gasteiger partial charge in [0.25, 0.3) is 0 Å². The van der Waals surface area contributed by atoms with Crippen molar-refractivity contribution in [2.75, 3.05) is 6.61 Å². The summed E-state index contributed by atoms with van der Waals surface area (Å²) in [5.74, 6) is -0.344. The van der Waals surface area contributed by atoms with Crippen LogP contribution in [0.2, 0.25) is 0 Å². The maximum absolute atomic E-state index is 12.6. The number of carbonyl (C=O) groups is 1. The smallest absolute Gasteiger partial charge is 0.378 e. The summed E-state index contributed by atoms with van der Waals surface area (Å²) >= 11 is 0. The van der Waals surface area contributed by atoms with Gasteiger partial charge in [-0.25, -0.2) is 4.79 Å². The van der Waals surface area contributed by atoms with Crippen molar-refractivity contribution in [2.45, 2.75) is 26.2 Å². The average molecular weight is 338 g/mol. The molecular formula is C20H21NO2P+. The van der Waals surface area contributed by atoms with Gasteiger partial charge < -0.3 is 4.74 Å². The predicted octanol–water partition coefficient (Wildman–Crippen LogP) is 3.55. The zero-order chi connectivity index (χ0) is 17.2. The van der Waals surface area contributed by atoms with Crippen LogP contribution in [0.5, 0.6) is 0 Å². The highest BCUT2D eigenvalue weighted by Crippen LogP contribution is 2.26. The molecular weight excluding hydrogens is 317 g/mol. The number of rotatable bonds is 7. The number of hydrogen-bond acceptors (Lipinski definition) is 3. The molecule has 3 nitrogen and oxygen atoms in total. The summed E-state index contributed by atoms with van der Waals surface area (Å²) in [5.41, 5.74) is 0. The fourth-order valence-corrected chi connectivity index (χ4v) is 4.66. The minimum atomic E-state index is -1.06. The lowest BCUT2D eigenvalue weighted by atomic mass is 10.3. The van der Waals surface area contributed by atoms with E-state index in [-0.39, 0.29) is 12.4 Å². The van der Waals surface area contributed by atoms with Crippen LogP contribution in [0, 0.1) is 11.3 Å². The molecule has 0 saturated carbocycles. The molecule has 0 atom stereocenters. The minimum absolute atomic E-state index is 0.0838. The van der Waals surface area contributed by atoms with E-state index in [1.807, 2.05) is 60.7 Å². The van der Waals surface area contributed by atoms with Gasteiger partial charge >= 0.3 is 5.97 Å². The lowest BCUT2D eigenvalue weighted by molar-refractivity contribution is -0.135.